The van der Waals surface area contributed by atoms with E-state index in [1.165, 1.54) is 6.08 Å². The second-order valence-electron chi connectivity index (χ2n) is 1.69. The number of hydrogen-bond donors (Lipinski definition) is 3. The Morgan fingerprint density at radius 3 is 2.50 bits per heavy atom. The van der Waals surface area contributed by atoms with Gasteiger partial charge in [0.25, 0.3) is 0 Å². The van der Waals surface area contributed by atoms with Gasteiger partial charge in [-0.1, -0.05) is 6.08 Å². The summed E-state index contributed by atoms with van der Waals surface area (Å²) in [6, 6.07) is 0. The minimum atomic E-state index is -1.34. The quantitative estimate of drug-likeness (QED) is 0.362. The molecule has 0 radical (unpaired) electrons. The zero-order valence-corrected chi connectivity index (χ0v) is 4.33. The molecule has 1 heterocycles. The van der Waals surface area contributed by atoms with Crippen LogP contribution in [0.15, 0.2) is 24.4 Å². The van der Waals surface area contributed by atoms with Crippen molar-refractivity contribution in [2.75, 3.05) is 0 Å². The molecule has 0 saturated heterocycles. The second-order valence-corrected chi connectivity index (χ2v) is 1.69. The molecular weight excluding hydrogens is 104 g/mol. The predicted molar refractivity (Wildman–Crippen MR) is 30.6 cm³/mol. The minimum absolute atomic E-state index is 1.34. The Morgan fingerprint density at radius 1 is 1.50 bits per heavy atom. The first-order valence-electron chi connectivity index (χ1n) is 2.34. The zero-order valence-electron chi connectivity index (χ0n) is 4.33. The largest absolute Gasteiger partial charge is 0.355 e. The molecule has 3 heteroatoms. The van der Waals surface area contributed by atoms with E-state index in [0.717, 1.165) is 0 Å². The summed E-state index contributed by atoms with van der Waals surface area (Å²) in [6.07, 6.45) is 6.48. The lowest BCUT2D eigenvalue weighted by Crippen LogP contribution is -2.49. The lowest BCUT2D eigenvalue weighted by atomic mass is 10.3. The maximum absolute atomic E-state index is 8.90. The average molecular weight is 112 g/mol. The first-order valence-corrected chi connectivity index (χ1v) is 2.34. The summed E-state index contributed by atoms with van der Waals surface area (Å²) in [5, 5.41) is 11.4. The number of nitrogens with two attached hydrogens (primary N) is 1. The van der Waals surface area contributed by atoms with Crippen molar-refractivity contribution in [3.63, 3.8) is 0 Å². The van der Waals surface area contributed by atoms with Crippen LogP contribution >= 0.6 is 0 Å². The van der Waals surface area contributed by atoms with Crippen LogP contribution in [0.5, 0.6) is 0 Å². The van der Waals surface area contributed by atoms with Crippen molar-refractivity contribution in [1.29, 1.82) is 0 Å². The van der Waals surface area contributed by atoms with Gasteiger partial charge >= 0.3 is 0 Å². The number of hydrogen-bond acceptors (Lipinski definition) is 3. The molecule has 1 unspecified atom stereocenters. The Morgan fingerprint density at radius 2 is 2.25 bits per heavy atom. The fourth-order valence-corrected chi connectivity index (χ4v) is 0.488. The lowest BCUT2D eigenvalue weighted by molar-refractivity contribution is 0.0750. The van der Waals surface area contributed by atoms with Gasteiger partial charge in [-0.25, -0.2) is 0 Å². The van der Waals surface area contributed by atoms with E-state index in [1.54, 1.807) is 18.4 Å². The third-order valence-electron chi connectivity index (χ3n) is 0.872. The van der Waals surface area contributed by atoms with E-state index in [9.17, 15) is 0 Å². The van der Waals surface area contributed by atoms with E-state index in [-0.39, 0.29) is 0 Å². The Labute approximate surface area is 47.5 Å². The normalized spacial score (nSPS) is 34.8. The van der Waals surface area contributed by atoms with Gasteiger partial charge in [-0.3, -0.25) is 5.73 Å². The summed E-state index contributed by atoms with van der Waals surface area (Å²) < 4.78 is 0. The molecule has 0 amide bonds. The maximum atomic E-state index is 8.90. The fourth-order valence-electron chi connectivity index (χ4n) is 0.488. The summed E-state index contributed by atoms with van der Waals surface area (Å²) in [4.78, 5) is 0. The van der Waals surface area contributed by atoms with Crippen LogP contribution in [0.3, 0.4) is 0 Å². The van der Waals surface area contributed by atoms with Crippen LogP contribution < -0.4 is 11.1 Å². The van der Waals surface area contributed by atoms with Gasteiger partial charge in [0.15, 0.2) is 0 Å². The van der Waals surface area contributed by atoms with E-state index in [4.69, 9.17) is 10.8 Å². The first kappa shape index (κ1) is 5.34. The first-order chi connectivity index (χ1) is 3.71. The summed E-state index contributed by atoms with van der Waals surface area (Å²) in [5.41, 5.74) is 5.18. The molecule has 8 heavy (non-hydrogen) atoms. The molecule has 3 nitrogen and oxygen atoms in total. The van der Waals surface area contributed by atoms with E-state index in [2.05, 4.69) is 5.32 Å². The molecule has 0 aromatic carbocycles. The standard InChI is InChI=1S/C5H8N2O/c6-5(8)3-1-2-4-7-5/h1-4,7-8H,6H2. The van der Waals surface area contributed by atoms with Crippen molar-refractivity contribution in [3.8, 4) is 0 Å². The molecule has 1 atom stereocenters. The number of rotatable bonds is 0. The monoisotopic (exact) mass is 112 g/mol. The van der Waals surface area contributed by atoms with Crippen molar-refractivity contribution >= 4 is 0 Å². The van der Waals surface area contributed by atoms with Crippen molar-refractivity contribution in [3.05, 3.63) is 24.4 Å². The Balaban J connectivity index is 2.65. The van der Waals surface area contributed by atoms with E-state index in [0.29, 0.717) is 0 Å². The molecule has 0 spiro atoms. The molecule has 1 aliphatic heterocycles. The highest BCUT2D eigenvalue weighted by Crippen LogP contribution is 1.96. The second kappa shape index (κ2) is 1.61. The third kappa shape index (κ3) is 1.08. The van der Waals surface area contributed by atoms with Crippen LogP contribution in [-0.2, 0) is 0 Å². The van der Waals surface area contributed by atoms with E-state index >= 15 is 0 Å². The smallest absolute Gasteiger partial charge is 0.210 e. The molecule has 0 aromatic heterocycles. The van der Waals surface area contributed by atoms with Crippen LogP contribution in [-0.4, -0.2) is 11.0 Å². The number of nitrogens with one attached hydrogen (secondary N) is 1. The molecule has 4 N–H and O–H groups in total. The Bertz CT molecular complexity index is 137. The van der Waals surface area contributed by atoms with Crippen LogP contribution in [0.4, 0.5) is 0 Å². The van der Waals surface area contributed by atoms with Crippen molar-refractivity contribution in [1.82, 2.24) is 5.32 Å². The number of dihydropyridines is 1. The molecule has 0 aromatic rings. The highest BCUT2D eigenvalue weighted by Gasteiger charge is 2.13. The van der Waals surface area contributed by atoms with Crippen molar-refractivity contribution in [2.24, 2.45) is 5.73 Å². The highest BCUT2D eigenvalue weighted by molar-refractivity contribution is 5.13. The number of aliphatic hydroxyl groups is 1. The molecular formula is C5H8N2O. The van der Waals surface area contributed by atoms with Gasteiger partial charge in [-0.05, 0) is 12.2 Å². The Hall–Kier alpha value is -0.800. The Kier molecular flexibility index (Phi) is 1.08. The lowest BCUT2D eigenvalue weighted by Gasteiger charge is -2.20. The van der Waals surface area contributed by atoms with Crippen LogP contribution in [0.25, 0.3) is 0 Å². The summed E-state index contributed by atoms with van der Waals surface area (Å²) >= 11 is 0. The highest BCUT2D eigenvalue weighted by atomic mass is 16.3. The van der Waals surface area contributed by atoms with Gasteiger partial charge in [0, 0.05) is 6.20 Å². The molecule has 44 valence electrons. The van der Waals surface area contributed by atoms with Gasteiger partial charge in [0.05, 0.1) is 0 Å². The minimum Gasteiger partial charge on any atom is -0.355 e. The average Bonchev–Trinajstić information content (AvgIpc) is 1.65. The van der Waals surface area contributed by atoms with Gasteiger partial charge in [0.1, 0.15) is 0 Å². The van der Waals surface area contributed by atoms with Gasteiger partial charge in [-0.15, -0.1) is 0 Å². The summed E-state index contributed by atoms with van der Waals surface area (Å²) in [5.74, 6) is -1.34. The van der Waals surface area contributed by atoms with Crippen LogP contribution in [0, 0.1) is 0 Å². The van der Waals surface area contributed by atoms with Gasteiger partial charge in [-0.2, -0.15) is 0 Å². The van der Waals surface area contributed by atoms with E-state index < -0.39 is 5.85 Å². The molecule has 0 saturated carbocycles. The molecule has 1 rings (SSSR count). The van der Waals surface area contributed by atoms with Crippen LogP contribution in [0.1, 0.15) is 0 Å². The molecule has 0 bridgehead atoms. The zero-order chi connectivity index (χ0) is 6.04. The van der Waals surface area contributed by atoms with Crippen molar-refractivity contribution < 1.29 is 5.11 Å². The van der Waals surface area contributed by atoms with Crippen molar-refractivity contribution in [2.45, 2.75) is 5.85 Å². The molecule has 0 fully saturated rings. The third-order valence-corrected chi connectivity index (χ3v) is 0.872. The molecule has 1 aliphatic rings. The number of allylic oxidation sites excluding steroid dienone is 2. The van der Waals surface area contributed by atoms with E-state index in [1.807, 2.05) is 0 Å². The summed E-state index contributed by atoms with van der Waals surface area (Å²) in [7, 11) is 0. The fraction of sp³-hybridized carbons (Fsp3) is 0.200. The topological polar surface area (TPSA) is 58.3 Å². The summed E-state index contributed by atoms with van der Waals surface area (Å²) in [6.45, 7) is 0. The van der Waals surface area contributed by atoms with Gasteiger partial charge < -0.3 is 10.4 Å². The SMILES string of the molecule is NC1(O)C=CC=CN1. The van der Waals surface area contributed by atoms with Gasteiger partial charge in [0.2, 0.25) is 5.85 Å². The van der Waals surface area contributed by atoms with Crippen LogP contribution in [0.2, 0.25) is 0 Å². The predicted octanol–water partition coefficient (Wildman–Crippen LogP) is -0.736. The molecule has 0 aliphatic carbocycles. The maximum Gasteiger partial charge on any atom is 0.210 e.